The summed E-state index contributed by atoms with van der Waals surface area (Å²) in [5.41, 5.74) is 2.53. The first-order valence-electron chi connectivity index (χ1n) is 11.4. The number of rotatable bonds is 4. The Labute approximate surface area is 184 Å². The van der Waals surface area contributed by atoms with Crippen LogP contribution in [0.25, 0.3) is 0 Å². The summed E-state index contributed by atoms with van der Waals surface area (Å²) in [6, 6.07) is 17.1. The van der Waals surface area contributed by atoms with Crippen LogP contribution in [0.5, 0.6) is 0 Å². The molecule has 0 bridgehead atoms. The molecule has 0 saturated carbocycles. The van der Waals surface area contributed by atoms with E-state index in [4.69, 9.17) is 4.74 Å². The summed E-state index contributed by atoms with van der Waals surface area (Å²) in [5, 5.41) is 0. The molecule has 3 heterocycles. The van der Waals surface area contributed by atoms with Crippen LogP contribution in [0.2, 0.25) is 0 Å². The van der Waals surface area contributed by atoms with Crippen molar-refractivity contribution in [2.24, 2.45) is 10.8 Å². The van der Waals surface area contributed by atoms with E-state index in [2.05, 4.69) is 35.2 Å². The van der Waals surface area contributed by atoms with Crippen molar-refractivity contribution in [3.05, 3.63) is 71.5 Å². The molecule has 2 spiro atoms. The van der Waals surface area contributed by atoms with Crippen molar-refractivity contribution in [1.82, 2.24) is 9.80 Å². The zero-order valence-electron chi connectivity index (χ0n) is 18.1. The largest absolute Gasteiger partial charge is 0.381 e. The summed E-state index contributed by atoms with van der Waals surface area (Å²) in [5.74, 6) is -0.174. The Balaban J connectivity index is 1.26. The third kappa shape index (κ3) is 4.01. The lowest BCUT2D eigenvalue weighted by molar-refractivity contribution is -0.134. The van der Waals surface area contributed by atoms with E-state index in [9.17, 15) is 9.18 Å². The lowest BCUT2D eigenvalue weighted by atomic mass is 9.60. The second kappa shape index (κ2) is 8.36. The summed E-state index contributed by atoms with van der Waals surface area (Å²) in [6.07, 6.45) is 3.45. The molecule has 31 heavy (non-hydrogen) atoms. The monoisotopic (exact) mass is 422 g/mol. The Morgan fingerprint density at radius 1 is 0.935 bits per heavy atom. The van der Waals surface area contributed by atoms with Crippen molar-refractivity contribution in [3.8, 4) is 0 Å². The maximum absolute atomic E-state index is 13.5. The lowest BCUT2D eigenvalue weighted by Crippen LogP contribution is -2.51. The first-order valence-corrected chi connectivity index (χ1v) is 11.4. The minimum Gasteiger partial charge on any atom is -0.381 e. The van der Waals surface area contributed by atoms with Gasteiger partial charge in [0, 0.05) is 44.7 Å². The number of fused-ring (bicyclic) bond motifs is 1. The molecule has 3 aliphatic rings. The molecule has 3 saturated heterocycles. The van der Waals surface area contributed by atoms with Crippen molar-refractivity contribution in [3.63, 3.8) is 0 Å². The van der Waals surface area contributed by atoms with Gasteiger partial charge >= 0.3 is 0 Å². The van der Waals surface area contributed by atoms with Gasteiger partial charge in [0.2, 0.25) is 5.91 Å². The molecular formula is C26H31FN2O2. The molecule has 2 aromatic rings. The van der Waals surface area contributed by atoms with E-state index in [1.165, 1.54) is 17.7 Å². The van der Waals surface area contributed by atoms with E-state index in [-0.39, 0.29) is 29.0 Å². The number of likely N-dealkylation sites (tertiary alicyclic amines) is 2. The zero-order chi connectivity index (χ0) is 21.3. The van der Waals surface area contributed by atoms with Gasteiger partial charge in [-0.2, -0.15) is 0 Å². The number of ether oxygens (including phenoxy) is 1. The summed E-state index contributed by atoms with van der Waals surface area (Å²) in [6.45, 7) is 6.41. The predicted molar refractivity (Wildman–Crippen MR) is 118 cm³/mol. The number of piperidine rings is 1. The van der Waals surface area contributed by atoms with Crippen LogP contribution >= 0.6 is 0 Å². The molecule has 1 atom stereocenters. The third-order valence-electron chi connectivity index (χ3n) is 7.85. The molecule has 2 aromatic carbocycles. The van der Waals surface area contributed by atoms with Gasteiger partial charge in [-0.3, -0.25) is 9.69 Å². The van der Waals surface area contributed by atoms with Crippen LogP contribution in [0.4, 0.5) is 4.39 Å². The highest BCUT2D eigenvalue weighted by Crippen LogP contribution is 2.57. The first kappa shape index (κ1) is 20.7. The Kier molecular flexibility index (Phi) is 5.57. The van der Waals surface area contributed by atoms with Gasteiger partial charge in [0.1, 0.15) is 5.82 Å². The van der Waals surface area contributed by atoms with E-state index in [1.807, 2.05) is 11.0 Å². The van der Waals surface area contributed by atoms with Crippen molar-refractivity contribution < 1.29 is 13.9 Å². The Hall–Kier alpha value is -2.24. The Morgan fingerprint density at radius 3 is 2.39 bits per heavy atom. The third-order valence-corrected chi connectivity index (χ3v) is 7.85. The van der Waals surface area contributed by atoms with Gasteiger partial charge in [0.05, 0.1) is 13.0 Å². The molecule has 5 rings (SSSR count). The van der Waals surface area contributed by atoms with Crippen molar-refractivity contribution in [2.75, 3.05) is 39.4 Å². The number of hydrogen-bond acceptors (Lipinski definition) is 3. The summed E-state index contributed by atoms with van der Waals surface area (Å²) in [7, 11) is 0. The molecule has 5 heteroatoms. The maximum Gasteiger partial charge on any atom is 0.226 e. The van der Waals surface area contributed by atoms with Crippen LogP contribution in [0.3, 0.4) is 0 Å². The average molecular weight is 423 g/mol. The smallest absolute Gasteiger partial charge is 0.226 e. The quantitative estimate of drug-likeness (QED) is 0.749. The highest BCUT2D eigenvalue weighted by Gasteiger charge is 2.59. The second-order valence-corrected chi connectivity index (χ2v) is 9.68. The number of benzene rings is 2. The predicted octanol–water partition coefficient (Wildman–Crippen LogP) is 3.90. The Bertz CT molecular complexity index is 918. The molecule has 0 unspecified atom stereocenters. The fourth-order valence-corrected chi connectivity index (χ4v) is 6.16. The summed E-state index contributed by atoms with van der Waals surface area (Å²) >= 11 is 0. The minimum atomic E-state index is -0.282. The first-order chi connectivity index (χ1) is 15.1. The topological polar surface area (TPSA) is 32.8 Å². The number of carbonyl (C=O) groups is 1. The molecule has 0 aliphatic carbocycles. The molecule has 0 aromatic heterocycles. The summed E-state index contributed by atoms with van der Waals surface area (Å²) in [4.78, 5) is 17.5. The molecule has 0 N–H and O–H groups in total. The highest BCUT2D eigenvalue weighted by atomic mass is 19.1. The second-order valence-electron chi connectivity index (χ2n) is 9.68. The van der Waals surface area contributed by atoms with Crippen LogP contribution < -0.4 is 0 Å². The van der Waals surface area contributed by atoms with E-state index in [0.29, 0.717) is 0 Å². The molecule has 3 aliphatic heterocycles. The fraction of sp³-hybridized carbons (Fsp3) is 0.500. The fourth-order valence-electron chi connectivity index (χ4n) is 6.16. The average Bonchev–Trinajstić information content (AvgIpc) is 3.35. The van der Waals surface area contributed by atoms with Crippen LogP contribution in [-0.2, 0) is 22.5 Å². The molecule has 3 fully saturated rings. The standard InChI is InChI=1S/C26H31FN2O2/c27-23-8-4-7-22(15-23)16-24(30)29-12-9-25(10-13-29)18-28(17-21-5-2-1-3-6-21)19-26(25)11-14-31-20-26/h1-8,15H,9-14,16-20H2/t26-/m1/s1. The number of halogens is 1. The SMILES string of the molecule is O=C(Cc1cccc(F)c1)N1CCC2(CC1)CN(Cc1ccccc1)C[C@@]21CCOC1. The van der Waals surface area contributed by atoms with Crippen molar-refractivity contribution in [1.29, 1.82) is 0 Å². The van der Waals surface area contributed by atoms with Gasteiger partial charge < -0.3 is 9.64 Å². The van der Waals surface area contributed by atoms with Crippen LogP contribution in [0.1, 0.15) is 30.4 Å². The lowest BCUT2D eigenvalue weighted by Gasteiger charge is -2.47. The van der Waals surface area contributed by atoms with Gasteiger partial charge in [-0.25, -0.2) is 4.39 Å². The number of nitrogens with zero attached hydrogens (tertiary/aromatic N) is 2. The normalized spacial score (nSPS) is 25.5. The van der Waals surface area contributed by atoms with Crippen molar-refractivity contribution in [2.45, 2.75) is 32.2 Å². The Morgan fingerprint density at radius 2 is 1.68 bits per heavy atom. The van der Waals surface area contributed by atoms with Gasteiger partial charge in [-0.15, -0.1) is 0 Å². The van der Waals surface area contributed by atoms with Crippen LogP contribution in [0, 0.1) is 16.6 Å². The molecule has 164 valence electrons. The summed E-state index contributed by atoms with van der Waals surface area (Å²) < 4.78 is 19.4. The molecular weight excluding hydrogens is 391 g/mol. The van der Waals surface area contributed by atoms with E-state index >= 15 is 0 Å². The van der Waals surface area contributed by atoms with E-state index in [1.54, 1.807) is 6.07 Å². The minimum absolute atomic E-state index is 0.108. The van der Waals surface area contributed by atoms with Gasteiger partial charge in [0.25, 0.3) is 0 Å². The van der Waals surface area contributed by atoms with Gasteiger partial charge in [0.15, 0.2) is 0 Å². The number of amides is 1. The molecule has 0 radical (unpaired) electrons. The molecule has 1 amide bonds. The van der Waals surface area contributed by atoms with Crippen molar-refractivity contribution >= 4 is 5.91 Å². The van der Waals surface area contributed by atoms with Gasteiger partial charge in [-0.1, -0.05) is 42.5 Å². The zero-order valence-corrected chi connectivity index (χ0v) is 18.1. The highest BCUT2D eigenvalue weighted by molar-refractivity contribution is 5.78. The number of carbonyl (C=O) groups excluding carboxylic acids is 1. The van der Waals surface area contributed by atoms with E-state index in [0.717, 1.165) is 70.8 Å². The molecule has 4 nitrogen and oxygen atoms in total. The van der Waals surface area contributed by atoms with Crippen LogP contribution in [0.15, 0.2) is 54.6 Å². The van der Waals surface area contributed by atoms with Gasteiger partial charge in [-0.05, 0) is 47.9 Å². The maximum atomic E-state index is 13.5. The van der Waals surface area contributed by atoms with Crippen LogP contribution in [-0.4, -0.2) is 55.1 Å². The number of hydrogen-bond donors (Lipinski definition) is 0. The van der Waals surface area contributed by atoms with E-state index < -0.39 is 0 Å².